The van der Waals surface area contributed by atoms with Crippen LogP contribution in [-0.4, -0.2) is 30.8 Å². The van der Waals surface area contributed by atoms with Gasteiger partial charge in [-0.15, -0.1) is 11.8 Å². The van der Waals surface area contributed by atoms with Gasteiger partial charge in [-0.1, -0.05) is 80.8 Å². The van der Waals surface area contributed by atoms with Gasteiger partial charge in [0.2, 0.25) is 5.91 Å². The van der Waals surface area contributed by atoms with Crippen LogP contribution in [-0.2, 0) is 14.3 Å². The quantitative estimate of drug-likeness (QED) is 0.135. The minimum Gasteiger partial charge on any atom is -0.469 e. The molecule has 1 amide bonds. The second-order valence-corrected chi connectivity index (χ2v) is 9.20. The maximum atomic E-state index is 12.5. The number of allylic oxidation sites excluding steroid dienone is 1. The Bertz CT molecular complexity index is 866. The van der Waals surface area contributed by atoms with E-state index >= 15 is 0 Å². The van der Waals surface area contributed by atoms with Crippen LogP contribution in [0.2, 0.25) is 0 Å². The highest BCUT2D eigenvalue weighted by atomic mass is 32.2. The highest BCUT2D eigenvalue weighted by Gasteiger charge is 2.15. The number of ether oxygens (including phenoxy) is 1. The molecule has 2 aromatic carbocycles. The van der Waals surface area contributed by atoms with Gasteiger partial charge in [-0.25, -0.2) is 0 Å². The zero-order chi connectivity index (χ0) is 23.7. The largest absolute Gasteiger partial charge is 0.469 e. The van der Waals surface area contributed by atoms with Crippen LogP contribution in [0, 0.1) is 0 Å². The molecule has 0 saturated carbocycles. The van der Waals surface area contributed by atoms with Gasteiger partial charge in [-0.05, 0) is 42.5 Å². The van der Waals surface area contributed by atoms with Gasteiger partial charge >= 0.3 is 5.97 Å². The lowest BCUT2D eigenvalue weighted by atomic mass is 10.1. The average molecular weight is 468 g/mol. The summed E-state index contributed by atoms with van der Waals surface area (Å²) in [6, 6.07) is 18.6. The van der Waals surface area contributed by atoms with Crippen molar-refractivity contribution < 1.29 is 14.3 Å². The van der Waals surface area contributed by atoms with Crippen LogP contribution in [0.3, 0.4) is 0 Å². The summed E-state index contributed by atoms with van der Waals surface area (Å²) < 4.78 is 4.78. The van der Waals surface area contributed by atoms with Gasteiger partial charge in [0.15, 0.2) is 0 Å². The van der Waals surface area contributed by atoms with Crippen LogP contribution in [0.5, 0.6) is 0 Å². The van der Waals surface area contributed by atoms with Gasteiger partial charge in [0.25, 0.3) is 0 Å². The molecule has 178 valence electrons. The lowest BCUT2D eigenvalue weighted by molar-refractivity contribution is -0.141. The molecule has 2 rings (SSSR count). The molecule has 0 saturated heterocycles. The summed E-state index contributed by atoms with van der Waals surface area (Å²) in [6.07, 6.45) is 11.2. The summed E-state index contributed by atoms with van der Waals surface area (Å²) in [5.41, 5.74) is 2.34. The van der Waals surface area contributed by atoms with E-state index in [1.165, 1.54) is 43.9 Å². The van der Waals surface area contributed by atoms with Crippen molar-refractivity contribution in [3.63, 3.8) is 0 Å². The number of hydrogen-bond acceptors (Lipinski definition) is 4. The first-order valence-corrected chi connectivity index (χ1v) is 12.9. The molecule has 4 nitrogen and oxygen atoms in total. The third-order valence-corrected chi connectivity index (χ3v) is 6.53. The minimum atomic E-state index is -0.253. The Balaban J connectivity index is 1.89. The molecule has 0 fully saturated rings. The minimum absolute atomic E-state index is 0.00619. The molecular formula is C28H37NO3S. The number of esters is 1. The standard InChI is InChI=1S/C28H37NO3S/c1-3-4-5-6-7-8-12-18-27(30)29-25(19-20-28(31)32-2)22-33-26-17-13-16-24(21-26)23-14-10-9-11-15-23/h8-17,21,25H,3-7,18-20,22H2,1-2H3,(H,29,30)/b12-8+/t25-/m0/s1. The van der Waals surface area contributed by atoms with E-state index in [1.54, 1.807) is 11.8 Å². The van der Waals surface area contributed by atoms with Crippen molar-refractivity contribution in [3.8, 4) is 11.1 Å². The smallest absolute Gasteiger partial charge is 0.305 e. The van der Waals surface area contributed by atoms with E-state index in [1.807, 2.05) is 24.3 Å². The molecule has 0 bridgehead atoms. The first kappa shape index (κ1) is 26.7. The molecule has 0 radical (unpaired) electrons. The summed E-state index contributed by atoms with van der Waals surface area (Å²) in [6.45, 7) is 2.20. The number of benzene rings is 2. The number of unbranched alkanes of at least 4 members (excludes halogenated alkanes) is 4. The Kier molecular flexibility index (Phi) is 13.1. The van der Waals surface area contributed by atoms with Gasteiger partial charge in [-0.2, -0.15) is 0 Å². The third-order valence-electron chi connectivity index (χ3n) is 5.38. The Morgan fingerprint density at radius 2 is 1.79 bits per heavy atom. The Morgan fingerprint density at radius 1 is 1.00 bits per heavy atom. The van der Waals surface area contributed by atoms with E-state index in [4.69, 9.17) is 4.74 Å². The summed E-state index contributed by atoms with van der Waals surface area (Å²) in [4.78, 5) is 25.2. The number of thioether (sulfide) groups is 1. The Morgan fingerprint density at radius 3 is 2.55 bits per heavy atom. The van der Waals surface area contributed by atoms with E-state index in [0.29, 0.717) is 25.0 Å². The molecule has 1 atom stereocenters. The van der Waals surface area contributed by atoms with E-state index in [0.717, 1.165) is 11.3 Å². The Labute approximate surface area is 203 Å². The maximum absolute atomic E-state index is 12.5. The fourth-order valence-electron chi connectivity index (χ4n) is 3.47. The number of carbonyl (C=O) groups excluding carboxylic acids is 2. The van der Waals surface area contributed by atoms with Crippen molar-refractivity contribution in [1.29, 1.82) is 0 Å². The van der Waals surface area contributed by atoms with Gasteiger partial charge in [-0.3, -0.25) is 9.59 Å². The molecule has 0 aliphatic carbocycles. The molecule has 5 heteroatoms. The van der Waals surface area contributed by atoms with Gasteiger partial charge < -0.3 is 10.1 Å². The van der Waals surface area contributed by atoms with Crippen LogP contribution < -0.4 is 5.32 Å². The molecule has 2 aromatic rings. The second kappa shape index (κ2) is 16.1. The highest BCUT2D eigenvalue weighted by molar-refractivity contribution is 7.99. The number of carbonyl (C=O) groups is 2. The Hall–Kier alpha value is -2.53. The normalized spacial score (nSPS) is 11.9. The molecule has 0 aliphatic rings. The summed E-state index contributed by atoms with van der Waals surface area (Å²) in [7, 11) is 1.39. The van der Waals surface area contributed by atoms with Crippen molar-refractivity contribution >= 4 is 23.6 Å². The molecule has 0 spiro atoms. The van der Waals surface area contributed by atoms with Crippen molar-refractivity contribution in [2.75, 3.05) is 12.9 Å². The molecule has 0 aliphatic heterocycles. The molecule has 1 N–H and O–H groups in total. The van der Waals surface area contributed by atoms with E-state index in [9.17, 15) is 9.59 Å². The number of amides is 1. The fourth-order valence-corrected chi connectivity index (χ4v) is 4.50. The fraction of sp³-hybridized carbons (Fsp3) is 0.429. The predicted octanol–water partition coefficient (Wildman–Crippen LogP) is 6.80. The molecule has 33 heavy (non-hydrogen) atoms. The number of methoxy groups -OCH3 is 1. The number of rotatable bonds is 15. The van der Waals surface area contributed by atoms with Crippen molar-refractivity contribution in [2.24, 2.45) is 0 Å². The SMILES string of the molecule is CCCCCC/C=C/CC(=O)N[C@@H](CCC(=O)OC)CSc1cccc(-c2ccccc2)c1. The summed E-state index contributed by atoms with van der Waals surface area (Å²) in [5.74, 6) is 0.437. The number of nitrogens with one attached hydrogen (secondary N) is 1. The van der Waals surface area contributed by atoms with Crippen molar-refractivity contribution in [1.82, 2.24) is 5.32 Å². The van der Waals surface area contributed by atoms with Gasteiger partial charge in [0.1, 0.15) is 0 Å². The van der Waals surface area contributed by atoms with Crippen LogP contribution in [0.1, 0.15) is 58.3 Å². The lowest BCUT2D eigenvalue weighted by Crippen LogP contribution is -2.36. The van der Waals surface area contributed by atoms with E-state index in [-0.39, 0.29) is 17.9 Å². The average Bonchev–Trinajstić information content (AvgIpc) is 2.85. The summed E-state index contributed by atoms with van der Waals surface area (Å²) >= 11 is 1.69. The predicted molar refractivity (Wildman–Crippen MR) is 138 cm³/mol. The zero-order valence-corrected chi connectivity index (χ0v) is 20.7. The van der Waals surface area contributed by atoms with Gasteiger partial charge in [0, 0.05) is 29.5 Å². The van der Waals surface area contributed by atoms with Crippen LogP contribution in [0.4, 0.5) is 0 Å². The highest BCUT2D eigenvalue weighted by Crippen LogP contribution is 2.26. The van der Waals surface area contributed by atoms with Crippen molar-refractivity contribution in [2.45, 2.75) is 69.2 Å². The first-order chi connectivity index (χ1) is 16.1. The topological polar surface area (TPSA) is 55.4 Å². The molecule has 0 heterocycles. The van der Waals surface area contributed by atoms with Crippen LogP contribution in [0.25, 0.3) is 11.1 Å². The maximum Gasteiger partial charge on any atom is 0.305 e. The summed E-state index contributed by atoms with van der Waals surface area (Å²) in [5, 5.41) is 3.11. The number of hydrogen-bond donors (Lipinski definition) is 1. The van der Waals surface area contributed by atoms with Crippen LogP contribution >= 0.6 is 11.8 Å². The second-order valence-electron chi connectivity index (χ2n) is 8.11. The van der Waals surface area contributed by atoms with E-state index < -0.39 is 0 Å². The lowest BCUT2D eigenvalue weighted by Gasteiger charge is -2.18. The molecule has 0 aromatic heterocycles. The van der Waals surface area contributed by atoms with E-state index in [2.05, 4.69) is 54.7 Å². The zero-order valence-electron chi connectivity index (χ0n) is 19.9. The molecule has 0 unspecified atom stereocenters. The third kappa shape index (κ3) is 11.2. The first-order valence-electron chi connectivity index (χ1n) is 11.9. The molecular weight excluding hydrogens is 430 g/mol. The van der Waals surface area contributed by atoms with Gasteiger partial charge in [0.05, 0.1) is 7.11 Å². The van der Waals surface area contributed by atoms with Crippen molar-refractivity contribution in [3.05, 3.63) is 66.7 Å². The van der Waals surface area contributed by atoms with Crippen LogP contribution in [0.15, 0.2) is 71.6 Å². The monoisotopic (exact) mass is 467 g/mol.